The topological polar surface area (TPSA) is 104 Å². The van der Waals surface area contributed by atoms with E-state index in [2.05, 4.69) is 15.5 Å². The van der Waals surface area contributed by atoms with E-state index in [1.807, 2.05) is 0 Å². The summed E-state index contributed by atoms with van der Waals surface area (Å²) in [6, 6.07) is 1.43. The molecule has 7 nitrogen and oxygen atoms in total. The zero-order valence-corrected chi connectivity index (χ0v) is 10.6. The van der Waals surface area contributed by atoms with Gasteiger partial charge in [-0.05, 0) is 26.8 Å². The van der Waals surface area contributed by atoms with Crippen LogP contribution in [0.1, 0.15) is 37.0 Å². The number of H-pyrrole nitrogens is 1. The first-order valence-electron chi connectivity index (χ1n) is 5.52. The molecule has 7 heteroatoms. The number of hydrogen-bond donors (Lipinski definition) is 3. The Morgan fingerprint density at radius 2 is 2.17 bits per heavy atom. The lowest BCUT2D eigenvalue weighted by Crippen LogP contribution is -2.33. The van der Waals surface area contributed by atoms with E-state index in [0.29, 0.717) is 18.7 Å². The highest BCUT2D eigenvalue weighted by atomic mass is 16.6. The molecule has 1 amide bonds. The molecule has 0 aliphatic carbocycles. The molecule has 0 aromatic carbocycles. The van der Waals surface area contributed by atoms with Gasteiger partial charge in [0.15, 0.2) is 5.69 Å². The molecule has 0 spiro atoms. The zero-order chi connectivity index (χ0) is 13.8. The Morgan fingerprint density at radius 1 is 1.50 bits per heavy atom. The van der Waals surface area contributed by atoms with Gasteiger partial charge in [0.05, 0.1) is 0 Å². The number of alkyl carbamates (subject to hydrolysis) is 1. The second-order valence-electron chi connectivity index (χ2n) is 4.76. The van der Waals surface area contributed by atoms with E-state index >= 15 is 0 Å². The molecule has 18 heavy (non-hydrogen) atoms. The third-order valence-electron chi connectivity index (χ3n) is 1.91. The molecule has 3 N–H and O–H groups in total. The van der Waals surface area contributed by atoms with Gasteiger partial charge >= 0.3 is 12.1 Å². The molecule has 0 aliphatic heterocycles. The number of carbonyl (C=O) groups is 2. The maximum atomic E-state index is 11.3. The number of carboxylic acid groups (broad SMARTS) is 1. The Bertz CT molecular complexity index is 434. The highest BCUT2D eigenvalue weighted by Gasteiger charge is 2.15. The average Bonchev–Trinajstić information content (AvgIpc) is 2.63. The number of aromatic nitrogens is 2. The van der Waals surface area contributed by atoms with E-state index in [4.69, 9.17) is 9.84 Å². The predicted molar refractivity (Wildman–Crippen MR) is 63.5 cm³/mol. The molecule has 1 rings (SSSR count). The zero-order valence-electron chi connectivity index (χ0n) is 10.6. The number of carbonyl (C=O) groups excluding carboxylic acids is 1. The molecular weight excluding hydrogens is 238 g/mol. The van der Waals surface area contributed by atoms with E-state index < -0.39 is 17.7 Å². The second-order valence-corrected chi connectivity index (χ2v) is 4.76. The van der Waals surface area contributed by atoms with Gasteiger partial charge in [-0.1, -0.05) is 0 Å². The fourth-order valence-electron chi connectivity index (χ4n) is 1.21. The minimum absolute atomic E-state index is 0.0396. The summed E-state index contributed by atoms with van der Waals surface area (Å²) in [6.45, 7) is 5.68. The van der Waals surface area contributed by atoms with Crippen molar-refractivity contribution in [2.45, 2.75) is 32.8 Å². The van der Waals surface area contributed by atoms with Crippen molar-refractivity contribution >= 4 is 12.1 Å². The standard InChI is InChI=1S/C11H17N3O4/c1-11(2,3)18-10(17)12-5-4-7-6-8(9(15)16)14-13-7/h6H,4-5H2,1-3H3,(H,12,17)(H,13,14)(H,15,16). The van der Waals surface area contributed by atoms with Gasteiger partial charge in [0.25, 0.3) is 0 Å². The lowest BCUT2D eigenvalue weighted by atomic mass is 10.2. The van der Waals surface area contributed by atoms with E-state index in [9.17, 15) is 9.59 Å². The summed E-state index contributed by atoms with van der Waals surface area (Å²) in [7, 11) is 0. The van der Waals surface area contributed by atoms with Gasteiger partial charge in [0, 0.05) is 18.7 Å². The minimum Gasteiger partial charge on any atom is -0.476 e. The predicted octanol–water partition coefficient (Wildman–Crippen LogP) is 1.18. The van der Waals surface area contributed by atoms with Crippen LogP contribution in [0.3, 0.4) is 0 Å². The molecule has 1 aromatic rings. The summed E-state index contributed by atoms with van der Waals surface area (Å²) in [5.41, 5.74) is 0.0693. The molecule has 0 fully saturated rings. The van der Waals surface area contributed by atoms with Crippen molar-refractivity contribution < 1.29 is 19.4 Å². The molecule has 1 aromatic heterocycles. The number of aromatic carboxylic acids is 1. The van der Waals surface area contributed by atoms with Gasteiger partial charge in [-0.2, -0.15) is 5.10 Å². The molecular formula is C11H17N3O4. The fraction of sp³-hybridized carbons (Fsp3) is 0.545. The molecule has 0 radical (unpaired) electrons. The minimum atomic E-state index is -1.09. The number of carboxylic acids is 1. The maximum absolute atomic E-state index is 11.3. The molecule has 100 valence electrons. The maximum Gasteiger partial charge on any atom is 0.407 e. The summed E-state index contributed by atoms with van der Waals surface area (Å²) >= 11 is 0. The molecule has 0 saturated carbocycles. The van der Waals surface area contributed by atoms with Crippen molar-refractivity contribution in [3.05, 3.63) is 17.5 Å². The number of nitrogens with one attached hydrogen (secondary N) is 2. The van der Waals surface area contributed by atoms with Crippen LogP contribution in [0.5, 0.6) is 0 Å². The van der Waals surface area contributed by atoms with Crippen molar-refractivity contribution in [3.8, 4) is 0 Å². The molecule has 0 unspecified atom stereocenters. The molecule has 0 aliphatic rings. The number of nitrogens with zero attached hydrogens (tertiary/aromatic N) is 1. The van der Waals surface area contributed by atoms with Crippen molar-refractivity contribution in [1.29, 1.82) is 0 Å². The van der Waals surface area contributed by atoms with Crippen LogP contribution in [-0.2, 0) is 11.2 Å². The van der Waals surface area contributed by atoms with Crippen molar-refractivity contribution in [1.82, 2.24) is 15.5 Å². The molecule has 0 bridgehead atoms. The number of amides is 1. The highest BCUT2D eigenvalue weighted by molar-refractivity contribution is 5.85. The fourth-order valence-corrected chi connectivity index (χ4v) is 1.21. The van der Waals surface area contributed by atoms with Gasteiger partial charge in [0.1, 0.15) is 5.60 Å². The lowest BCUT2D eigenvalue weighted by molar-refractivity contribution is 0.0527. The Morgan fingerprint density at radius 3 is 2.67 bits per heavy atom. The number of aromatic amines is 1. The molecule has 1 heterocycles. The van der Waals surface area contributed by atoms with Crippen LogP contribution >= 0.6 is 0 Å². The van der Waals surface area contributed by atoms with Gasteiger partial charge in [-0.25, -0.2) is 9.59 Å². The van der Waals surface area contributed by atoms with E-state index in [1.54, 1.807) is 20.8 Å². The van der Waals surface area contributed by atoms with Crippen molar-refractivity contribution in [2.75, 3.05) is 6.54 Å². The first-order valence-corrected chi connectivity index (χ1v) is 5.52. The SMILES string of the molecule is CC(C)(C)OC(=O)NCCc1cc(C(=O)O)n[nH]1. The van der Waals surface area contributed by atoms with E-state index in [-0.39, 0.29) is 5.69 Å². The molecule has 0 atom stereocenters. The van der Waals surface area contributed by atoms with Crippen LogP contribution < -0.4 is 5.32 Å². The van der Waals surface area contributed by atoms with Crippen LogP contribution in [0.4, 0.5) is 4.79 Å². The Labute approximate surface area is 105 Å². The summed E-state index contributed by atoms with van der Waals surface area (Å²) in [5.74, 6) is -1.09. The van der Waals surface area contributed by atoms with Gasteiger partial charge in [-0.15, -0.1) is 0 Å². The highest BCUT2D eigenvalue weighted by Crippen LogP contribution is 2.06. The van der Waals surface area contributed by atoms with Crippen LogP contribution in [0, 0.1) is 0 Å². The Balaban J connectivity index is 2.33. The van der Waals surface area contributed by atoms with Crippen LogP contribution in [-0.4, -0.2) is 39.5 Å². The Hall–Kier alpha value is -2.05. The van der Waals surface area contributed by atoms with Gasteiger partial charge < -0.3 is 15.2 Å². The van der Waals surface area contributed by atoms with E-state index in [1.165, 1.54) is 6.07 Å². The molecule has 0 saturated heterocycles. The summed E-state index contributed by atoms with van der Waals surface area (Å²) in [6.07, 6.45) is -0.0417. The third kappa shape index (κ3) is 4.86. The quantitative estimate of drug-likeness (QED) is 0.749. The Kier molecular flexibility index (Phi) is 4.30. The van der Waals surface area contributed by atoms with Gasteiger partial charge in [-0.3, -0.25) is 5.10 Å². The van der Waals surface area contributed by atoms with Crippen LogP contribution in [0.2, 0.25) is 0 Å². The summed E-state index contributed by atoms with van der Waals surface area (Å²) in [5, 5.41) is 17.4. The number of ether oxygens (including phenoxy) is 1. The van der Waals surface area contributed by atoms with Crippen molar-refractivity contribution in [3.63, 3.8) is 0 Å². The third-order valence-corrected chi connectivity index (χ3v) is 1.91. The normalized spacial score (nSPS) is 11.1. The van der Waals surface area contributed by atoms with Gasteiger partial charge in [0.2, 0.25) is 0 Å². The van der Waals surface area contributed by atoms with Crippen molar-refractivity contribution in [2.24, 2.45) is 0 Å². The number of hydrogen-bond acceptors (Lipinski definition) is 4. The second kappa shape index (κ2) is 5.52. The lowest BCUT2D eigenvalue weighted by Gasteiger charge is -2.19. The smallest absolute Gasteiger partial charge is 0.407 e. The van der Waals surface area contributed by atoms with Crippen LogP contribution in [0.15, 0.2) is 6.07 Å². The summed E-state index contributed by atoms with van der Waals surface area (Å²) < 4.78 is 5.05. The largest absolute Gasteiger partial charge is 0.476 e. The van der Waals surface area contributed by atoms with Crippen LogP contribution in [0.25, 0.3) is 0 Å². The van der Waals surface area contributed by atoms with E-state index in [0.717, 1.165) is 0 Å². The monoisotopic (exact) mass is 255 g/mol. The first-order chi connectivity index (χ1) is 8.28. The summed E-state index contributed by atoms with van der Waals surface area (Å²) in [4.78, 5) is 21.9. The first kappa shape index (κ1) is 14.0. The number of rotatable bonds is 4. The average molecular weight is 255 g/mol.